The molecule has 3 aliphatic rings. The summed E-state index contributed by atoms with van der Waals surface area (Å²) < 4.78 is 0. The Hall–Kier alpha value is -0.660. The molecule has 0 heterocycles. The van der Waals surface area contributed by atoms with Gasteiger partial charge < -0.3 is 4.79 Å². The zero-order valence-electron chi connectivity index (χ0n) is 14.8. The molecular weight excluding hydrogens is 272 g/mol. The van der Waals surface area contributed by atoms with Crippen molar-refractivity contribution < 1.29 is 9.59 Å². The van der Waals surface area contributed by atoms with Crippen LogP contribution < -0.4 is 0 Å². The van der Waals surface area contributed by atoms with Crippen LogP contribution in [0.25, 0.3) is 0 Å². The van der Waals surface area contributed by atoms with Gasteiger partial charge in [0.1, 0.15) is 12.1 Å². The highest BCUT2D eigenvalue weighted by Crippen LogP contribution is 2.70. The van der Waals surface area contributed by atoms with Crippen molar-refractivity contribution in [2.24, 2.45) is 34.0 Å². The first-order valence-corrected chi connectivity index (χ1v) is 9.23. The molecule has 0 bridgehead atoms. The molecule has 0 radical (unpaired) electrons. The van der Waals surface area contributed by atoms with Crippen LogP contribution in [-0.4, -0.2) is 12.1 Å². The maximum atomic E-state index is 12.6. The molecule has 0 aromatic heterocycles. The molecule has 5 atom stereocenters. The van der Waals surface area contributed by atoms with Crippen LogP contribution in [0, 0.1) is 34.0 Å². The SMILES string of the molecule is CC1C[C@@H]2CC[C@H]3C(C)(C)CCC[C@]3(C)[C@@]2(CC=O)CC1=O. The van der Waals surface area contributed by atoms with Gasteiger partial charge in [-0.3, -0.25) is 4.79 Å². The van der Waals surface area contributed by atoms with Gasteiger partial charge in [-0.2, -0.15) is 0 Å². The van der Waals surface area contributed by atoms with Crippen LogP contribution in [0.4, 0.5) is 0 Å². The molecule has 0 aliphatic heterocycles. The quantitative estimate of drug-likeness (QED) is 0.686. The third-order valence-electron chi connectivity index (χ3n) is 8.08. The summed E-state index contributed by atoms with van der Waals surface area (Å²) in [7, 11) is 0. The minimum absolute atomic E-state index is 0.0566. The van der Waals surface area contributed by atoms with E-state index >= 15 is 0 Å². The van der Waals surface area contributed by atoms with E-state index in [1.165, 1.54) is 32.1 Å². The van der Waals surface area contributed by atoms with Crippen molar-refractivity contribution in [1.29, 1.82) is 0 Å². The average molecular weight is 304 g/mol. The molecular formula is C20H32O2. The largest absolute Gasteiger partial charge is 0.303 e. The molecule has 1 unspecified atom stereocenters. The molecule has 0 aromatic carbocycles. The van der Waals surface area contributed by atoms with Crippen molar-refractivity contribution in [1.82, 2.24) is 0 Å². The lowest BCUT2D eigenvalue weighted by Crippen LogP contribution is -2.61. The van der Waals surface area contributed by atoms with E-state index in [9.17, 15) is 9.59 Å². The van der Waals surface area contributed by atoms with Gasteiger partial charge in [0.05, 0.1) is 0 Å². The number of hydrogen-bond donors (Lipinski definition) is 0. The summed E-state index contributed by atoms with van der Waals surface area (Å²) in [5.74, 6) is 1.83. The lowest BCUT2D eigenvalue weighted by molar-refractivity contribution is -0.186. The second-order valence-electron chi connectivity index (χ2n) is 9.39. The maximum absolute atomic E-state index is 12.6. The highest BCUT2D eigenvalue weighted by atomic mass is 16.1. The van der Waals surface area contributed by atoms with Crippen molar-refractivity contribution in [2.45, 2.75) is 79.1 Å². The Balaban J connectivity index is 2.08. The van der Waals surface area contributed by atoms with E-state index in [0.717, 1.165) is 12.7 Å². The number of carbonyl (C=O) groups excluding carboxylic acids is 2. The maximum Gasteiger partial charge on any atom is 0.136 e. The Morgan fingerprint density at radius 3 is 2.59 bits per heavy atom. The van der Waals surface area contributed by atoms with Crippen LogP contribution in [0.5, 0.6) is 0 Å². The minimum atomic E-state index is -0.0566. The Morgan fingerprint density at radius 1 is 1.18 bits per heavy atom. The first-order valence-electron chi connectivity index (χ1n) is 9.23. The summed E-state index contributed by atoms with van der Waals surface area (Å²) in [5.41, 5.74) is 0.452. The van der Waals surface area contributed by atoms with Crippen LogP contribution in [0.2, 0.25) is 0 Å². The summed E-state index contributed by atoms with van der Waals surface area (Å²) in [6.07, 6.45) is 9.62. The molecule has 3 saturated carbocycles. The summed E-state index contributed by atoms with van der Waals surface area (Å²) in [6.45, 7) is 9.35. The van der Waals surface area contributed by atoms with Crippen molar-refractivity contribution in [3.63, 3.8) is 0 Å². The first-order chi connectivity index (χ1) is 10.3. The Kier molecular flexibility index (Phi) is 3.81. The normalized spacial score (nSPS) is 47.5. The molecule has 3 rings (SSSR count). The van der Waals surface area contributed by atoms with Crippen LogP contribution in [0.15, 0.2) is 0 Å². The van der Waals surface area contributed by atoms with Gasteiger partial charge in [-0.1, -0.05) is 34.1 Å². The molecule has 22 heavy (non-hydrogen) atoms. The Bertz CT molecular complexity index is 480. The van der Waals surface area contributed by atoms with Crippen molar-refractivity contribution in [3.05, 3.63) is 0 Å². The summed E-state index contributed by atoms with van der Waals surface area (Å²) in [5, 5.41) is 0. The lowest BCUT2D eigenvalue weighted by atomic mass is 9.37. The molecule has 3 aliphatic carbocycles. The van der Waals surface area contributed by atoms with Crippen LogP contribution in [0.3, 0.4) is 0 Å². The van der Waals surface area contributed by atoms with E-state index in [-0.39, 0.29) is 16.7 Å². The zero-order valence-corrected chi connectivity index (χ0v) is 14.8. The summed E-state index contributed by atoms with van der Waals surface area (Å²) in [4.78, 5) is 24.2. The van der Waals surface area contributed by atoms with Crippen molar-refractivity contribution in [2.75, 3.05) is 0 Å². The molecule has 0 saturated heterocycles. The van der Waals surface area contributed by atoms with E-state index < -0.39 is 0 Å². The predicted molar refractivity (Wildman–Crippen MR) is 88.5 cm³/mol. The van der Waals surface area contributed by atoms with Crippen LogP contribution in [0.1, 0.15) is 79.1 Å². The fraction of sp³-hybridized carbons (Fsp3) is 0.900. The molecule has 0 spiro atoms. The molecule has 124 valence electrons. The molecule has 0 amide bonds. The van der Waals surface area contributed by atoms with E-state index in [0.29, 0.717) is 35.9 Å². The second kappa shape index (κ2) is 5.18. The zero-order chi connectivity index (χ0) is 16.2. The van der Waals surface area contributed by atoms with Gasteiger partial charge in [0, 0.05) is 18.8 Å². The molecule has 0 aromatic rings. The number of Topliss-reactive ketones (excluding diaryl/α,β-unsaturated/α-hetero) is 1. The van der Waals surface area contributed by atoms with E-state index in [1.807, 2.05) is 0 Å². The predicted octanol–water partition coefficient (Wildman–Crippen LogP) is 4.80. The van der Waals surface area contributed by atoms with Gasteiger partial charge in [0.15, 0.2) is 0 Å². The number of rotatable bonds is 2. The van der Waals surface area contributed by atoms with E-state index in [1.54, 1.807) is 0 Å². The van der Waals surface area contributed by atoms with Gasteiger partial charge >= 0.3 is 0 Å². The minimum Gasteiger partial charge on any atom is -0.303 e. The number of aldehydes is 1. The van der Waals surface area contributed by atoms with Crippen LogP contribution >= 0.6 is 0 Å². The smallest absolute Gasteiger partial charge is 0.136 e. The fourth-order valence-electron chi connectivity index (χ4n) is 6.89. The molecule has 2 heteroatoms. The number of ketones is 1. The molecule has 2 nitrogen and oxygen atoms in total. The third kappa shape index (κ3) is 2.05. The Morgan fingerprint density at radius 2 is 1.91 bits per heavy atom. The second-order valence-corrected chi connectivity index (χ2v) is 9.39. The van der Waals surface area contributed by atoms with Crippen LogP contribution in [-0.2, 0) is 9.59 Å². The fourth-order valence-corrected chi connectivity index (χ4v) is 6.89. The topological polar surface area (TPSA) is 34.1 Å². The highest BCUT2D eigenvalue weighted by molar-refractivity contribution is 5.83. The van der Waals surface area contributed by atoms with Gasteiger partial charge in [-0.05, 0) is 60.2 Å². The standard InChI is InChI=1S/C20H32O2/c1-14-12-15-6-7-17-18(2,3)8-5-9-19(17,4)20(15,10-11-21)13-16(14)22/h11,14-15,17H,5-10,12-13H2,1-4H3/t14?,15-,17-,19-,20-/m0/s1. The van der Waals surface area contributed by atoms with E-state index in [2.05, 4.69) is 27.7 Å². The summed E-state index contributed by atoms with van der Waals surface area (Å²) >= 11 is 0. The third-order valence-corrected chi connectivity index (χ3v) is 8.08. The van der Waals surface area contributed by atoms with E-state index in [4.69, 9.17) is 0 Å². The van der Waals surface area contributed by atoms with Gasteiger partial charge in [-0.15, -0.1) is 0 Å². The first kappa shape index (κ1) is 16.2. The van der Waals surface area contributed by atoms with Gasteiger partial charge in [0.25, 0.3) is 0 Å². The Labute approximate surface area is 135 Å². The van der Waals surface area contributed by atoms with Crippen molar-refractivity contribution >= 4 is 12.1 Å². The number of carbonyl (C=O) groups is 2. The van der Waals surface area contributed by atoms with Crippen molar-refractivity contribution in [3.8, 4) is 0 Å². The van der Waals surface area contributed by atoms with Gasteiger partial charge in [-0.25, -0.2) is 0 Å². The van der Waals surface area contributed by atoms with Gasteiger partial charge in [0.2, 0.25) is 0 Å². The number of fused-ring (bicyclic) bond motifs is 3. The average Bonchev–Trinajstić information content (AvgIpc) is 2.41. The lowest BCUT2D eigenvalue weighted by Gasteiger charge is -2.66. The molecule has 3 fully saturated rings. The monoisotopic (exact) mass is 304 g/mol. The number of hydrogen-bond acceptors (Lipinski definition) is 2. The summed E-state index contributed by atoms with van der Waals surface area (Å²) in [6, 6.07) is 0. The highest BCUT2D eigenvalue weighted by Gasteiger charge is 2.64. The molecule has 0 N–H and O–H groups in total.